The molecule has 0 spiro atoms. The molecule has 480 valence electrons. The molecule has 6 nitrogen and oxygen atoms in total. The molecule has 0 aromatic carbocycles. The average molecular weight is 1160 g/mol. The summed E-state index contributed by atoms with van der Waals surface area (Å²) in [4.78, 5) is 38.4. The second kappa shape index (κ2) is 71.1. The van der Waals surface area contributed by atoms with Crippen molar-refractivity contribution < 1.29 is 28.6 Å². The van der Waals surface area contributed by atoms with Crippen LogP contribution in [0.5, 0.6) is 0 Å². The van der Waals surface area contributed by atoms with Crippen LogP contribution >= 0.6 is 0 Å². The van der Waals surface area contributed by atoms with Gasteiger partial charge >= 0.3 is 17.9 Å². The third-order valence-corrected chi connectivity index (χ3v) is 15.9. The summed E-state index contributed by atoms with van der Waals surface area (Å²) in [6.45, 7) is 6.44. The summed E-state index contributed by atoms with van der Waals surface area (Å²) in [6.07, 6.45) is 94.9. The van der Waals surface area contributed by atoms with E-state index in [0.29, 0.717) is 19.3 Å². The maximum atomic E-state index is 13.0. The molecule has 83 heavy (non-hydrogen) atoms. The summed E-state index contributed by atoms with van der Waals surface area (Å²) in [5, 5.41) is 0. The van der Waals surface area contributed by atoms with Crippen LogP contribution in [0.25, 0.3) is 0 Å². The predicted octanol–water partition coefficient (Wildman–Crippen LogP) is 25.0. The van der Waals surface area contributed by atoms with Crippen LogP contribution in [0.3, 0.4) is 0 Å². The fourth-order valence-electron chi connectivity index (χ4n) is 10.6. The molecule has 0 saturated heterocycles. The highest BCUT2D eigenvalue weighted by atomic mass is 16.6. The highest BCUT2D eigenvalue weighted by Gasteiger charge is 2.19. The van der Waals surface area contributed by atoms with Gasteiger partial charge in [0.1, 0.15) is 13.2 Å². The second-order valence-corrected chi connectivity index (χ2v) is 24.1. The van der Waals surface area contributed by atoms with Crippen molar-refractivity contribution in [2.75, 3.05) is 13.2 Å². The molecule has 0 fully saturated rings. The van der Waals surface area contributed by atoms with Gasteiger partial charge in [0, 0.05) is 19.3 Å². The average Bonchev–Trinajstić information content (AvgIpc) is 3.49. The minimum Gasteiger partial charge on any atom is -0.462 e. The van der Waals surface area contributed by atoms with Gasteiger partial charge in [0.25, 0.3) is 0 Å². The zero-order valence-corrected chi connectivity index (χ0v) is 55.2. The molecular weight excluding hydrogens is 1020 g/mol. The highest BCUT2D eigenvalue weighted by Crippen LogP contribution is 2.18. The third-order valence-electron chi connectivity index (χ3n) is 15.9. The first-order chi connectivity index (χ1) is 41.0. The van der Waals surface area contributed by atoms with E-state index in [9.17, 15) is 14.4 Å². The molecule has 0 N–H and O–H groups in total. The molecule has 0 radical (unpaired) electrons. The van der Waals surface area contributed by atoms with E-state index in [1.807, 2.05) is 0 Å². The molecule has 0 amide bonds. The normalized spacial score (nSPS) is 12.6. The van der Waals surface area contributed by atoms with Gasteiger partial charge in [-0.1, -0.05) is 343 Å². The summed E-state index contributed by atoms with van der Waals surface area (Å²) in [7, 11) is 0. The molecule has 0 bridgehead atoms. The molecule has 0 rings (SSSR count). The second-order valence-electron chi connectivity index (χ2n) is 24.1. The van der Waals surface area contributed by atoms with Crippen LogP contribution in [0.15, 0.2) is 85.1 Å². The maximum Gasteiger partial charge on any atom is 0.306 e. The monoisotopic (exact) mass is 1160 g/mol. The number of allylic oxidation sites excluding steroid dienone is 14. The van der Waals surface area contributed by atoms with Gasteiger partial charge in [-0.15, -0.1) is 0 Å². The van der Waals surface area contributed by atoms with Gasteiger partial charge in [-0.05, 0) is 89.9 Å². The smallest absolute Gasteiger partial charge is 0.306 e. The zero-order chi connectivity index (χ0) is 59.9. The molecule has 6 heteroatoms. The Labute approximate surface area is 515 Å². The van der Waals surface area contributed by atoms with Gasteiger partial charge in [-0.3, -0.25) is 14.4 Å². The molecule has 1 atom stereocenters. The van der Waals surface area contributed by atoms with Crippen LogP contribution in [0.2, 0.25) is 0 Å². The Morgan fingerprint density at radius 2 is 0.470 bits per heavy atom. The van der Waals surface area contributed by atoms with Crippen LogP contribution in [0.1, 0.15) is 367 Å². The number of hydrogen-bond donors (Lipinski definition) is 0. The Bertz CT molecular complexity index is 1570. The first kappa shape index (κ1) is 79.6. The fourth-order valence-corrected chi connectivity index (χ4v) is 10.6. The molecule has 0 saturated carbocycles. The molecule has 0 aliphatic carbocycles. The summed E-state index contributed by atoms with van der Waals surface area (Å²) >= 11 is 0. The third kappa shape index (κ3) is 69.3. The number of hydrogen-bond acceptors (Lipinski definition) is 6. The standard InChI is InChI=1S/C77H136O6/c1-4-7-10-13-16-19-22-25-27-29-31-33-35-36-37-38-39-40-42-43-45-47-49-52-55-58-61-64-67-70-76(79)82-73-74(72-81-75(78)69-66-63-60-57-54-51-24-21-18-15-12-9-6-3)83-77(80)71-68-65-62-59-56-53-50-48-46-44-41-34-32-30-28-26-23-20-17-14-11-8-5-2/h8-9,11-12,17-18,20-21,26,28,32,34,51,54,74H,4-7,10,13-16,19,22-25,27,29-31,33,35-50,52-53,55-73H2,1-3H3/b11-8-,12-9-,20-17-,21-18-,28-26-,34-32-,54-51-. The highest BCUT2D eigenvalue weighted by molar-refractivity contribution is 5.71. The zero-order valence-electron chi connectivity index (χ0n) is 55.2. The van der Waals surface area contributed by atoms with Crippen LogP contribution in [-0.2, 0) is 28.6 Å². The summed E-state index contributed by atoms with van der Waals surface area (Å²) in [6, 6.07) is 0. The minimum atomic E-state index is -0.792. The Kier molecular flexibility index (Phi) is 68.2. The lowest BCUT2D eigenvalue weighted by molar-refractivity contribution is -0.167. The van der Waals surface area contributed by atoms with Crippen LogP contribution in [0.4, 0.5) is 0 Å². The van der Waals surface area contributed by atoms with Crippen molar-refractivity contribution in [3.05, 3.63) is 85.1 Å². The van der Waals surface area contributed by atoms with Gasteiger partial charge in [0.2, 0.25) is 0 Å². The van der Waals surface area contributed by atoms with Crippen LogP contribution in [-0.4, -0.2) is 37.2 Å². The topological polar surface area (TPSA) is 78.9 Å². The first-order valence-electron chi connectivity index (χ1n) is 36.1. The molecule has 0 heterocycles. The number of esters is 3. The number of unbranched alkanes of at least 4 members (excludes halogenated alkanes) is 41. The Balaban J connectivity index is 4.22. The molecule has 0 aromatic rings. The Hall–Kier alpha value is -3.41. The largest absolute Gasteiger partial charge is 0.462 e. The van der Waals surface area contributed by atoms with Crippen molar-refractivity contribution in [2.24, 2.45) is 0 Å². The van der Waals surface area contributed by atoms with Gasteiger partial charge in [0.15, 0.2) is 6.10 Å². The van der Waals surface area contributed by atoms with Crippen molar-refractivity contribution in [3.63, 3.8) is 0 Å². The number of rotatable bonds is 66. The van der Waals surface area contributed by atoms with Crippen molar-refractivity contribution in [2.45, 2.75) is 374 Å². The number of carbonyl (C=O) groups is 3. The summed E-state index contributed by atoms with van der Waals surface area (Å²) in [5.41, 5.74) is 0. The molecule has 0 aliphatic heterocycles. The van der Waals surface area contributed by atoms with Gasteiger partial charge in [-0.2, -0.15) is 0 Å². The van der Waals surface area contributed by atoms with Gasteiger partial charge in [0.05, 0.1) is 0 Å². The van der Waals surface area contributed by atoms with E-state index < -0.39 is 6.10 Å². The fraction of sp³-hybridized carbons (Fsp3) is 0.779. The molecule has 0 aliphatic rings. The van der Waals surface area contributed by atoms with E-state index in [2.05, 4.69) is 106 Å². The van der Waals surface area contributed by atoms with Crippen LogP contribution in [0, 0.1) is 0 Å². The molecule has 0 aromatic heterocycles. The van der Waals surface area contributed by atoms with E-state index in [1.165, 1.54) is 218 Å². The van der Waals surface area contributed by atoms with Gasteiger partial charge < -0.3 is 14.2 Å². The van der Waals surface area contributed by atoms with Gasteiger partial charge in [-0.25, -0.2) is 0 Å². The molecule has 1 unspecified atom stereocenters. The summed E-state index contributed by atoms with van der Waals surface area (Å²) < 4.78 is 17.0. The van der Waals surface area contributed by atoms with E-state index in [4.69, 9.17) is 14.2 Å². The van der Waals surface area contributed by atoms with Crippen molar-refractivity contribution >= 4 is 17.9 Å². The lowest BCUT2D eigenvalue weighted by Gasteiger charge is -2.18. The van der Waals surface area contributed by atoms with E-state index in [1.54, 1.807) is 0 Å². The lowest BCUT2D eigenvalue weighted by atomic mass is 10.0. The van der Waals surface area contributed by atoms with E-state index in [0.717, 1.165) is 109 Å². The SMILES string of the molecule is CC/C=C\C/C=C\C/C=C\C/C=C\CCCCCCCCCCCCC(=O)OC(COC(=O)CCCCC/C=C\C/C=C\C/C=C\CC)COC(=O)CCCCCCCCCCCCCCCCCCCCCCCCCCCCCCC. The van der Waals surface area contributed by atoms with Crippen molar-refractivity contribution in [1.82, 2.24) is 0 Å². The van der Waals surface area contributed by atoms with Crippen molar-refractivity contribution in [1.29, 1.82) is 0 Å². The quantitative estimate of drug-likeness (QED) is 0.0261. The number of ether oxygens (including phenoxy) is 3. The molecular formula is C77H136O6. The predicted molar refractivity (Wildman–Crippen MR) is 362 cm³/mol. The maximum absolute atomic E-state index is 13.0. The summed E-state index contributed by atoms with van der Waals surface area (Å²) in [5.74, 6) is -0.901. The van der Waals surface area contributed by atoms with E-state index in [-0.39, 0.29) is 31.1 Å². The van der Waals surface area contributed by atoms with Crippen molar-refractivity contribution in [3.8, 4) is 0 Å². The lowest BCUT2D eigenvalue weighted by Crippen LogP contribution is -2.30. The minimum absolute atomic E-state index is 0.0845. The first-order valence-corrected chi connectivity index (χ1v) is 36.1. The Morgan fingerprint density at radius 1 is 0.253 bits per heavy atom. The number of carbonyl (C=O) groups excluding carboxylic acids is 3. The Morgan fingerprint density at radius 3 is 0.747 bits per heavy atom. The van der Waals surface area contributed by atoms with Crippen LogP contribution < -0.4 is 0 Å². The van der Waals surface area contributed by atoms with E-state index >= 15 is 0 Å².